The number of rotatable bonds is 15. The molecule has 1 aliphatic heterocycles. The number of aryl methyl sites for hydroxylation is 1. The molecule has 0 radical (unpaired) electrons. The predicted molar refractivity (Wildman–Crippen MR) is 198 cm³/mol. The fourth-order valence-electron chi connectivity index (χ4n) is 6.27. The molecule has 50 heavy (non-hydrogen) atoms. The number of ether oxygens (including phenoxy) is 3. The Bertz CT molecular complexity index is 1380. The first kappa shape index (κ1) is 42.6. The van der Waals surface area contributed by atoms with Gasteiger partial charge in [-0.05, 0) is 85.4 Å². The van der Waals surface area contributed by atoms with E-state index in [1.54, 1.807) is 25.8 Å². The third-order valence-electron chi connectivity index (χ3n) is 9.09. The van der Waals surface area contributed by atoms with E-state index in [9.17, 15) is 19.8 Å². The molecule has 278 valence electrons. The van der Waals surface area contributed by atoms with Crippen LogP contribution in [0.5, 0.6) is 5.75 Å². The molecule has 5 unspecified atom stereocenters. The molecule has 1 saturated carbocycles. The van der Waals surface area contributed by atoms with Gasteiger partial charge in [0.05, 0.1) is 31.6 Å². The Hall–Kier alpha value is -3.60. The van der Waals surface area contributed by atoms with Crippen LogP contribution < -0.4 is 9.64 Å². The second-order valence-corrected chi connectivity index (χ2v) is 13.0. The highest BCUT2D eigenvalue weighted by Gasteiger charge is 2.39. The van der Waals surface area contributed by atoms with Gasteiger partial charge in [-0.25, -0.2) is 4.79 Å². The average molecular weight is 717 g/mol. The summed E-state index contributed by atoms with van der Waals surface area (Å²) in [5.41, 5.74) is 4.29. The molecule has 5 atom stereocenters. The van der Waals surface area contributed by atoms with Crippen molar-refractivity contribution in [1.29, 1.82) is 0 Å². The lowest BCUT2D eigenvalue weighted by Crippen LogP contribution is -2.45. The summed E-state index contributed by atoms with van der Waals surface area (Å²) in [4.78, 5) is 36.0. The molecule has 0 aromatic heterocycles. The minimum atomic E-state index is -0.992. The maximum Gasteiger partial charge on any atom is 0.329 e. The van der Waals surface area contributed by atoms with Crippen molar-refractivity contribution in [3.63, 3.8) is 0 Å². The number of nitrogens with zero attached hydrogens (tertiary/aromatic N) is 2. The smallest absolute Gasteiger partial charge is 0.329 e. The zero-order chi connectivity index (χ0) is 37.2. The van der Waals surface area contributed by atoms with E-state index in [0.717, 1.165) is 60.8 Å². The third-order valence-corrected chi connectivity index (χ3v) is 9.33. The number of carbonyl (C=O) groups excluding carboxylic acids is 2. The molecule has 1 fully saturated rings. The Morgan fingerprint density at radius 3 is 2.48 bits per heavy atom. The summed E-state index contributed by atoms with van der Waals surface area (Å²) < 4.78 is 16.2. The van der Waals surface area contributed by atoms with Gasteiger partial charge in [-0.3, -0.25) is 9.59 Å². The number of hydrogen-bond acceptors (Lipinski definition) is 8. The molecule has 2 aromatic rings. The van der Waals surface area contributed by atoms with Crippen LogP contribution in [0.1, 0.15) is 89.0 Å². The summed E-state index contributed by atoms with van der Waals surface area (Å²) in [5, 5.41) is 20.5. The first-order chi connectivity index (χ1) is 24.0. The summed E-state index contributed by atoms with van der Waals surface area (Å²) in [6.45, 7) is 12.1. The fraction of sp³-hybridized carbons (Fsp3) is 0.564. The predicted octanol–water partition coefficient (Wildman–Crippen LogP) is 7.06. The van der Waals surface area contributed by atoms with Crippen LogP contribution in [0.25, 0.3) is 0 Å². The number of hydrogen-bond donors (Lipinski definition) is 2. The van der Waals surface area contributed by atoms with Crippen LogP contribution in [-0.2, 0) is 30.3 Å². The summed E-state index contributed by atoms with van der Waals surface area (Å²) in [6.07, 6.45) is 7.61. The zero-order valence-corrected chi connectivity index (χ0v) is 31.5. The van der Waals surface area contributed by atoms with Crippen molar-refractivity contribution in [2.75, 3.05) is 51.9 Å². The zero-order valence-electron chi connectivity index (χ0n) is 30.8. The number of amides is 1. The van der Waals surface area contributed by atoms with Crippen LogP contribution in [0.2, 0.25) is 5.02 Å². The number of fused-ring (bicyclic) bond motifs is 1. The second-order valence-electron chi connectivity index (χ2n) is 12.6. The quantitative estimate of drug-likeness (QED) is 0.147. The maximum atomic E-state index is 11.6. The average Bonchev–Trinajstić information content (AvgIpc) is 3.27. The number of carboxylic acids is 1. The Morgan fingerprint density at radius 2 is 1.90 bits per heavy atom. The summed E-state index contributed by atoms with van der Waals surface area (Å²) in [6, 6.07) is 12.1. The molecule has 0 bridgehead atoms. The van der Waals surface area contributed by atoms with Gasteiger partial charge in [0.25, 0.3) is 6.47 Å². The number of carboxylic acid groups (broad SMARTS) is 1. The van der Waals surface area contributed by atoms with Gasteiger partial charge in [-0.2, -0.15) is 0 Å². The Balaban J connectivity index is 0.00000135. The first-order valence-corrected chi connectivity index (χ1v) is 18.0. The standard InChI is InChI=1S/C35H47ClN2O6.C2H4O2.C2H6/c1-5-8-26-17-29(36)12-14-30(26)28-20-38(32-18-25(23(2)39)11-15-34(32)43-21-28)19-27-10-13-31(27)33(44-22-35(41)42)9-6-7-16-37(4)24(3)40;1-4-2-3;1-2/h6,9,11-12,14-15,17-18,23,27-28,31,33,39H,5,7-8,10,13,16,19-22H2,1-4H3,(H,41,42);2H,1H3;1-2H3/b9-6+;;. The van der Waals surface area contributed by atoms with Crippen LogP contribution in [0.4, 0.5) is 5.69 Å². The number of benzene rings is 2. The maximum absolute atomic E-state index is 11.6. The Morgan fingerprint density at radius 1 is 1.18 bits per heavy atom. The van der Waals surface area contributed by atoms with Gasteiger partial charge >= 0.3 is 5.97 Å². The molecule has 1 amide bonds. The summed E-state index contributed by atoms with van der Waals surface area (Å²) in [5.74, 6) is 0.372. The molecule has 1 aliphatic carbocycles. The number of aliphatic hydroxyl groups excluding tert-OH is 1. The Labute approximate surface area is 303 Å². The van der Waals surface area contributed by atoms with Crippen molar-refractivity contribution in [2.24, 2.45) is 11.8 Å². The molecule has 0 saturated heterocycles. The van der Waals surface area contributed by atoms with Gasteiger partial charge in [-0.1, -0.05) is 63.1 Å². The number of halogens is 1. The fourth-order valence-corrected chi connectivity index (χ4v) is 6.47. The minimum absolute atomic E-state index is 0.00955. The van der Waals surface area contributed by atoms with E-state index in [2.05, 4.69) is 28.7 Å². The number of carbonyl (C=O) groups is 3. The lowest BCUT2D eigenvalue weighted by Gasteiger charge is -2.44. The van der Waals surface area contributed by atoms with Crippen LogP contribution in [0.3, 0.4) is 0 Å². The minimum Gasteiger partial charge on any atom is -0.491 e. The van der Waals surface area contributed by atoms with Crippen molar-refractivity contribution in [2.45, 2.75) is 84.8 Å². The Kier molecular flexibility index (Phi) is 19.0. The summed E-state index contributed by atoms with van der Waals surface area (Å²) in [7, 11) is 3.08. The van der Waals surface area contributed by atoms with Gasteiger partial charge in [0.15, 0.2) is 0 Å². The molecule has 10 nitrogen and oxygen atoms in total. The monoisotopic (exact) mass is 716 g/mol. The molecule has 0 spiro atoms. The topological polar surface area (TPSA) is 126 Å². The van der Waals surface area contributed by atoms with Crippen molar-refractivity contribution in [3.8, 4) is 5.75 Å². The highest BCUT2D eigenvalue weighted by molar-refractivity contribution is 6.30. The van der Waals surface area contributed by atoms with E-state index in [1.165, 1.54) is 18.2 Å². The summed E-state index contributed by atoms with van der Waals surface area (Å²) >= 11 is 6.40. The lowest BCUT2D eigenvalue weighted by atomic mass is 9.70. The van der Waals surface area contributed by atoms with Gasteiger partial charge in [0.2, 0.25) is 5.91 Å². The molecular weight excluding hydrogens is 660 g/mol. The van der Waals surface area contributed by atoms with E-state index in [1.807, 2.05) is 50.3 Å². The number of aliphatic hydroxyl groups is 1. The normalized spacial score (nSPS) is 19.1. The van der Waals surface area contributed by atoms with Crippen molar-refractivity contribution in [3.05, 3.63) is 70.3 Å². The molecule has 4 rings (SSSR count). The van der Waals surface area contributed by atoms with Crippen LogP contribution in [0.15, 0.2) is 48.6 Å². The van der Waals surface area contributed by atoms with Crippen LogP contribution in [-0.4, -0.2) is 86.6 Å². The highest BCUT2D eigenvalue weighted by atomic mass is 35.5. The molecule has 11 heteroatoms. The van der Waals surface area contributed by atoms with E-state index >= 15 is 0 Å². The van der Waals surface area contributed by atoms with Gasteiger partial charge in [-0.15, -0.1) is 0 Å². The highest BCUT2D eigenvalue weighted by Crippen LogP contribution is 2.43. The van der Waals surface area contributed by atoms with Crippen molar-refractivity contribution in [1.82, 2.24) is 4.90 Å². The third kappa shape index (κ3) is 12.9. The van der Waals surface area contributed by atoms with Gasteiger partial charge in [0.1, 0.15) is 12.4 Å². The van der Waals surface area contributed by atoms with E-state index in [-0.39, 0.29) is 36.4 Å². The first-order valence-electron chi connectivity index (χ1n) is 17.6. The molecule has 2 N–H and O–H groups in total. The van der Waals surface area contributed by atoms with E-state index < -0.39 is 12.1 Å². The molecule has 2 aliphatic rings. The lowest BCUT2D eigenvalue weighted by molar-refractivity contribution is -0.145. The van der Waals surface area contributed by atoms with Crippen molar-refractivity contribution >= 4 is 35.6 Å². The van der Waals surface area contributed by atoms with Crippen LogP contribution >= 0.6 is 11.6 Å². The SMILES string of the molecule is CC.CCCc1cc(Cl)ccc1C1COc2ccc(C(C)O)cc2N(CC2CCC2C(/C=C/CCN(C)C(C)=O)OCC(=O)O)C1.COC=O. The van der Waals surface area contributed by atoms with E-state index in [0.29, 0.717) is 26.0 Å². The molecule has 1 heterocycles. The molecular formula is C39H57ClN2O8. The van der Waals surface area contributed by atoms with Gasteiger partial charge < -0.3 is 34.2 Å². The largest absolute Gasteiger partial charge is 0.491 e. The number of aliphatic carboxylic acids is 1. The van der Waals surface area contributed by atoms with Crippen LogP contribution in [0, 0.1) is 11.8 Å². The van der Waals surface area contributed by atoms with Gasteiger partial charge in [0, 0.05) is 44.5 Å². The molecule has 2 aromatic carbocycles. The number of methoxy groups -OCH3 is 1. The second kappa shape index (κ2) is 22.3. The van der Waals surface area contributed by atoms with Crippen molar-refractivity contribution < 1.29 is 38.8 Å². The van der Waals surface area contributed by atoms with E-state index in [4.69, 9.17) is 25.9 Å². The number of anilines is 1.